The van der Waals surface area contributed by atoms with Crippen LogP contribution in [-0.2, 0) is 14.9 Å². The predicted molar refractivity (Wildman–Crippen MR) is 69.5 cm³/mol. The number of aliphatic hydroxyl groups excluding tert-OH is 1. The number of hydrogen-bond donors (Lipinski definition) is 1. The van der Waals surface area contributed by atoms with Gasteiger partial charge in [-0.2, -0.15) is 17.0 Å². The highest BCUT2D eigenvalue weighted by Gasteiger charge is 2.29. The lowest BCUT2D eigenvalue weighted by molar-refractivity contribution is 0.0933. The molecule has 18 heavy (non-hydrogen) atoms. The first-order valence-corrected chi connectivity index (χ1v) is 7.86. The standard InChI is InChI=1S/C11H24N2O4S/c1-3-13(10-11-6-4-9-17-11)18(15,16)12(2)7-5-8-14/h11,14H,3-10H2,1-2H3. The van der Waals surface area contributed by atoms with Crippen molar-refractivity contribution in [3.8, 4) is 0 Å². The van der Waals surface area contributed by atoms with Crippen molar-refractivity contribution >= 4 is 10.2 Å². The first-order chi connectivity index (χ1) is 8.52. The third kappa shape index (κ3) is 4.17. The zero-order valence-corrected chi connectivity index (χ0v) is 12.0. The molecule has 108 valence electrons. The van der Waals surface area contributed by atoms with Gasteiger partial charge in [-0.05, 0) is 19.3 Å². The van der Waals surface area contributed by atoms with E-state index in [1.54, 1.807) is 7.05 Å². The van der Waals surface area contributed by atoms with E-state index in [-0.39, 0.29) is 12.7 Å². The zero-order chi connectivity index (χ0) is 13.6. The summed E-state index contributed by atoms with van der Waals surface area (Å²) < 4.78 is 32.8. The summed E-state index contributed by atoms with van der Waals surface area (Å²) in [5.41, 5.74) is 0. The number of aliphatic hydroxyl groups is 1. The molecule has 0 aromatic heterocycles. The Morgan fingerprint density at radius 2 is 2.17 bits per heavy atom. The molecule has 0 aromatic carbocycles. The smallest absolute Gasteiger partial charge is 0.281 e. The fraction of sp³-hybridized carbons (Fsp3) is 1.00. The zero-order valence-electron chi connectivity index (χ0n) is 11.2. The van der Waals surface area contributed by atoms with Crippen LogP contribution >= 0.6 is 0 Å². The minimum absolute atomic E-state index is 0.00226. The molecule has 0 bridgehead atoms. The van der Waals surface area contributed by atoms with E-state index in [1.807, 2.05) is 6.92 Å². The summed E-state index contributed by atoms with van der Waals surface area (Å²) >= 11 is 0. The molecular weight excluding hydrogens is 256 g/mol. The number of rotatable bonds is 8. The monoisotopic (exact) mass is 280 g/mol. The summed E-state index contributed by atoms with van der Waals surface area (Å²) in [5.74, 6) is 0. The first-order valence-electron chi connectivity index (χ1n) is 6.46. The second kappa shape index (κ2) is 7.40. The molecule has 0 aliphatic carbocycles. The van der Waals surface area contributed by atoms with Crippen LogP contribution in [0.3, 0.4) is 0 Å². The van der Waals surface area contributed by atoms with Gasteiger partial charge >= 0.3 is 0 Å². The Morgan fingerprint density at radius 1 is 1.44 bits per heavy atom. The SMILES string of the molecule is CCN(CC1CCCO1)S(=O)(=O)N(C)CCCO. The number of nitrogens with zero attached hydrogens (tertiary/aromatic N) is 2. The fourth-order valence-corrected chi connectivity index (χ4v) is 3.44. The highest BCUT2D eigenvalue weighted by molar-refractivity contribution is 7.86. The molecule has 0 saturated carbocycles. The largest absolute Gasteiger partial charge is 0.396 e. The van der Waals surface area contributed by atoms with Crippen molar-refractivity contribution in [2.24, 2.45) is 0 Å². The van der Waals surface area contributed by atoms with Crippen molar-refractivity contribution in [2.75, 3.05) is 39.9 Å². The van der Waals surface area contributed by atoms with Gasteiger partial charge in [-0.3, -0.25) is 0 Å². The third-order valence-electron chi connectivity index (χ3n) is 3.14. The van der Waals surface area contributed by atoms with E-state index in [0.29, 0.717) is 26.1 Å². The van der Waals surface area contributed by atoms with Crippen LogP contribution in [0.25, 0.3) is 0 Å². The van der Waals surface area contributed by atoms with Crippen LogP contribution in [0, 0.1) is 0 Å². The Morgan fingerprint density at radius 3 is 2.67 bits per heavy atom. The van der Waals surface area contributed by atoms with Gasteiger partial charge in [0, 0.05) is 39.9 Å². The normalized spacial score (nSPS) is 21.1. The average Bonchev–Trinajstić information content (AvgIpc) is 2.85. The maximum Gasteiger partial charge on any atom is 0.281 e. The Bertz CT molecular complexity index is 328. The van der Waals surface area contributed by atoms with E-state index >= 15 is 0 Å². The molecule has 1 aliphatic rings. The summed E-state index contributed by atoms with van der Waals surface area (Å²) in [7, 11) is -1.89. The van der Waals surface area contributed by atoms with E-state index in [1.165, 1.54) is 8.61 Å². The Kier molecular flexibility index (Phi) is 6.51. The van der Waals surface area contributed by atoms with Gasteiger partial charge in [0.1, 0.15) is 0 Å². The highest BCUT2D eigenvalue weighted by Crippen LogP contribution is 2.16. The quantitative estimate of drug-likeness (QED) is 0.682. The minimum Gasteiger partial charge on any atom is -0.396 e. The maximum absolute atomic E-state index is 12.3. The summed E-state index contributed by atoms with van der Waals surface area (Å²) in [4.78, 5) is 0. The van der Waals surface area contributed by atoms with Crippen LogP contribution in [0.5, 0.6) is 0 Å². The van der Waals surface area contributed by atoms with Crippen LogP contribution in [0.2, 0.25) is 0 Å². The van der Waals surface area contributed by atoms with E-state index in [4.69, 9.17) is 9.84 Å². The van der Waals surface area contributed by atoms with Crippen LogP contribution in [0.4, 0.5) is 0 Å². The lowest BCUT2D eigenvalue weighted by Crippen LogP contribution is -2.45. The molecule has 0 radical (unpaired) electrons. The number of likely N-dealkylation sites (N-methyl/N-ethyl adjacent to an activating group) is 1. The predicted octanol–water partition coefficient (Wildman–Crippen LogP) is 0.0463. The van der Waals surface area contributed by atoms with Crippen molar-refractivity contribution in [1.82, 2.24) is 8.61 Å². The van der Waals surface area contributed by atoms with Crippen molar-refractivity contribution in [3.05, 3.63) is 0 Å². The van der Waals surface area contributed by atoms with E-state index < -0.39 is 10.2 Å². The molecule has 6 nitrogen and oxygen atoms in total. The lowest BCUT2D eigenvalue weighted by Gasteiger charge is -2.28. The van der Waals surface area contributed by atoms with Crippen LogP contribution in [-0.4, -0.2) is 68.1 Å². The van der Waals surface area contributed by atoms with E-state index in [9.17, 15) is 8.42 Å². The summed E-state index contributed by atoms with van der Waals surface area (Å²) in [6.45, 7) is 3.74. The van der Waals surface area contributed by atoms with Crippen LogP contribution in [0.1, 0.15) is 26.2 Å². The Balaban J connectivity index is 2.60. The van der Waals surface area contributed by atoms with Gasteiger partial charge in [-0.15, -0.1) is 0 Å². The summed E-state index contributed by atoms with van der Waals surface area (Å²) in [6.07, 6.45) is 2.40. The van der Waals surface area contributed by atoms with Crippen LogP contribution in [0.15, 0.2) is 0 Å². The van der Waals surface area contributed by atoms with Gasteiger partial charge in [0.25, 0.3) is 10.2 Å². The minimum atomic E-state index is -3.44. The van der Waals surface area contributed by atoms with Crippen LogP contribution < -0.4 is 0 Å². The average molecular weight is 280 g/mol. The number of hydrogen-bond acceptors (Lipinski definition) is 4. The summed E-state index contributed by atoms with van der Waals surface area (Å²) in [6, 6.07) is 0. The van der Waals surface area contributed by atoms with Crippen molar-refractivity contribution < 1.29 is 18.3 Å². The van der Waals surface area contributed by atoms with E-state index in [0.717, 1.165) is 19.4 Å². The highest BCUT2D eigenvalue weighted by atomic mass is 32.2. The van der Waals surface area contributed by atoms with Gasteiger partial charge in [0.15, 0.2) is 0 Å². The molecule has 1 heterocycles. The molecule has 1 fully saturated rings. The molecule has 0 aromatic rings. The fourth-order valence-electron chi connectivity index (χ4n) is 2.01. The number of ether oxygens (including phenoxy) is 1. The summed E-state index contributed by atoms with van der Waals surface area (Å²) in [5, 5.41) is 8.75. The van der Waals surface area contributed by atoms with Gasteiger partial charge in [0.05, 0.1) is 6.10 Å². The second-order valence-electron chi connectivity index (χ2n) is 4.49. The topological polar surface area (TPSA) is 70.1 Å². The molecule has 1 N–H and O–H groups in total. The molecule has 1 unspecified atom stereocenters. The molecule has 1 aliphatic heterocycles. The van der Waals surface area contributed by atoms with Gasteiger partial charge in [-0.1, -0.05) is 6.92 Å². The molecule has 7 heteroatoms. The first kappa shape index (κ1) is 15.8. The van der Waals surface area contributed by atoms with Gasteiger partial charge in [-0.25, -0.2) is 0 Å². The van der Waals surface area contributed by atoms with Crippen molar-refractivity contribution in [3.63, 3.8) is 0 Å². The lowest BCUT2D eigenvalue weighted by atomic mass is 10.2. The maximum atomic E-state index is 12.3. The molecule has 1 atom stereocenters. The molecule has 0 amide bonds. The van der Waals surface area contributed by atoms with Crippen molar-refractivity contribution in [2.45, 2.75) is 32.3 Å². The Labute approximate surface area is 110 Å². The Hall–Kier alpha value is -0.210. The van der Waals surface area contributed by atoms with E-state index in [2.05, 4.69) is 0 Å². The molecular formula is C11H24N2O4S. The molecule has 1 rings (SSSR count). The third-order valence-corrected chi connectivity index (χ3v) is 5.17. The molecule has 1 saturated heterocycles. The van der Waals surface area contributed by atoms with Gasteiger partial charge < -0.3 is 9.84 Å². The van der Waals surface area contributed by atoms with Crippen molar-refractivity contribution in [1.29, 1.82) is 0 Å². The molecule has 0 spiro atoms. The second-order valence-corrected chi connectivity index (χ2v) is 6.53. The van der Waals surface area contributed by atoms with Gasteiger partial charge in [0.2, 0.25) is 0 Å².